The molecule has 2 aromatic rings. The smallest absolute Gasteiger partial charge is 0.388 e. The Balaban J connectivity index is 1.59. The van der Waals surface area contributed by atoms with Crippen LogP contribution in [0.2, 0.25) is 5.02 Å². The predicted molar refractivity (Wildman–Crippen MR) is 105 cm³/mol. The van der Waals surface area contributed by atoms with E-state index in [0.29, 0.717) is 15.1 Å². The minimum atomic E-state index is -0.583. The van der Waals surface area contributed by atoms with E-state index in [1.165, 1.54) is 0 Å². The van der Waals surface area contributed by atoms with Crippen molar-refractivity contribution in [2.45, 2.75) is 18.9 Å². The normalized spacial score (nSPS) is 15.4. The quantitative estimate of drug-likeness (QED) is 0.656. The van der Waals surface area contributed by atoms with Crippen LogP contribution in [0.3, 0.4) is 0 Å². The number of carbonyl (C=O) groups is 2. The number of H-pyrrole nitrogens is 1. The number of aromatic nitrogens is 2. The second-order valence-corrected chi connectivity index (χ2v) is 7.46. The van der Waals surface area contributed by atoms with Crippen LogP contribution in [0.25, 0.3) is 0 Å². The lowest BCUT2D eigenvalue weighted by Gasteiger charge is -2.28. The van der Waals surface area contributed by atoms with Gasteiger partial charge in [0.2, 0.25) is 0 Å². The molecule has 3 N–H and O–H groups in total. The molecular formula is C17H19BrClN5O3. The fourth-order valence-corrected chi connectivity index (χ4v) is 3.30. The number of benzene rings is 1. The maximum Gasteiger partial charge on any atom is 0.414 e. The first-order valence-electron chi connectivity index (χ1n) is 8.40. The molecule has 2 amide bonds. The molecule has 0 radical (unpaired) electrons. The summed E-state index contributed by atoms with van der Waals surface area (Å²) < 4.78 is 5.57. The zero-order valence-electron chi connectivity index (χ0n) is 14.6. The first-order chi connectivity index (χ1) is 12.9. The Morgan fingerprint density at radius 3 is 2.74 bits per heavy atom. The molecule has 0 unspecified atom stereocenters. The fourth-order valence-electron chi connectivity index (χ4n) is 2.73. The summed E-state index contributed by atoms with van der Waals surface area (Å²) in [6.45, 7) is 1.85. The van der Waals surface area contributed by atoms with Crippen LogP contribution in [-0.2, 0) is 0 Å². The minimum Gasteiger partial charge on any atom is -0.388 e. The van der Waals surface area contributed by atoms with Gasteiger partial charge in [-0.2, -0.15) is 0 Å². The summed E-state index contributed by atoms with van der Waals surface area (Å²) in [7, 11) is 2.05. The summed E-state index contributed by atoms with van der Waals surface area (Å²) in [5.74, 6) is -0.107. The molecule has 1 saturated heterocycles. The van der Waals surface area contributed by atoms with Gasteiger partial charge in [0.1, 0.15) is 10.3 Å². The molecule has 27 heavy (non-hydrogen) atoms. The van der Waals surface area contributed by atoms with Gasteiger partial charge in [0.05, 0.1) is 10.6 Å². The summed E-state index contributed by atoms with van der Waals surface area (Å²) in [5.41, 5.74) is 0.322. The van der Waals surface area contributed by atoms with E-state index in [1.54, 1.807) is 24.3 Å². The van der Waals surface area contributed by atoms with Crippen LogP contribution in [0.4, 0.5) is 10.6 Å². The van der Waals surface area contributed by atoms with Crippen LogP contribution in [-0.4, -0.2) is 53.3 Å². The highest BCUT2D eigenvalue weighted by Gasteiger charge is 2.22. The van der Waals surface area contributed by atoms with Crippen LogP contribution in [0.5, 0.6) is 5.88 Å². The SMILES string of the molecule is CN1CCC(NC(=O)Oc2n[nH]c(NC(=O)c3ccccc3Cl)c2Br)CC1. The molecule has 3 rings (SSSR count). The Morgan fingerprint density at radius 1 is 1.33 bits per heavy atom. The number of carbonyl (C=O) groups excluding carboxylic acids is 2. The topological polar surface area (TPSA) is 99.3 Å². The monoisotopic (exact) mass is 455 g/mol. The lowest BCUT2D eigenvalue weighted by molar-refractivity contribution is 0.102. The number of likely N-dealkylation sites (tertiary alicyclic amines) is 1. The standard InChI is InChI=1S/C17H19BrClN5O3/c1-24-8-6-10(7-9-24)20-17(26)27-16-13(18)14(22-23-16)21-15(25)11-4-2-3-5-12(11)19/h2-5,10H,6-9H2,1H3,(H,20,26)(H2,21,22,23,25). The fraction of sp³-hybridized carbons (Fsp3) is 0.353. The minimum absolute atomic E-state index is 0.0369. The zero-order valence-corrected chi connectivity index (χ0v) is 16.9. The molecule has 2 heterocycles. The molecule has 0 saturated carbocycles. The highest BCUT2D eigenvalue weighted by Crippen LogP contribution is 2.30. The second-order valence-electron chi connectivity index (χ2n) is 6.26. The lowest BCUT2D eigenvalue weighted by atomic mass is 10.1. The van der Waals surface area contributed by atoms with Gasteiger partial charge in [-0.05, 0) is 61.0 Å². The molecule has 10 heteroatoms. The van der Waals surface area contributed by atoms with Gasteiger partial charge in [0.25, 0.3) is 11.8 Å². The van der Waals surface area contributed by atoms with Crippen molar-refractivity contribution in [1.82, 2.24) is 20.4 Å². The highest BCUT2D eigenvalue weighted by molar-refractivity contribution is 9.10. The number of anilines is 1. The number of hydrogen-bond donors (Lipinski definition) is 3. The van der Waals surface area contributed by atoms with Crippen LogP contribution in [0, 0.1) is 0 Å². The number of hydrogen-bond acceptors (Lipinski definition) is 5. The van der Waals surface area contributed by atoms with Crippen molar-refractivity contribution < 1.29 is 14.3 Å². The third kappa shape index (κ3) is 5.00. The van der Waals surface area contributed by atoms with Crippen molar-refractivity contribution in [1.29, 1.82) is 0 Å². The van der Waals surface area contributed by atoms with Gasteiger partial charge in [-0.15, -0.1) is 5.10 Å². The molecular weight excluding hydrogens is 438 g/mol. The van der Waals surface area contributed by atoms with E-state index in [9.17, 15) is 9.59 Å². The van der Waals surface area contributed by atoms with E-state index in [4.69, 9.17) is 16.3 Å². The Bertz CT molecular complexity index is 836. The number of amides is 2. The first-order valence-corrected chi connectivity index (χ1v) is 9.57. The lowest BCUT2D eigenvalue weighted by Crippen LogP contribution is -2.44. The second kappa shape index (κ2) is 8.73. The third-order valence-electron chi connectivity index (χ3n) is 4.26. The van der Waals surface area contributed by atoms with E-state index in [-0.39, 0.29) is 17.7 Å². The van der Waals surface area contributed by atoms with E-state index < -0.39 is 12.0 Å². The van der Waals surface area contributed by atoms with E-state index >= 15 is 0 Å². The van der Waals surface area contributed by atoms with Gasteiger partial charge < -0.3 is 20.3 Å². The zero-order chi connectivity index (χ0) is 19.4. The molecule has 0 atom stereocenters. The average molecular weight is 457 g/mol. The molecule has 0 aliphatic carbocycles. The third-order valence-corrected chi connectivity index (χ3v) is 5.33. The van der Waals surface area contributed by atoms with Crippen molar-refractivity contribution in [3.05, 3.63) is 39.3 Å². The summed E-state index contributed by atoms with van der Waals surface area (Å²) in [5, 5.41) is 12.4. The Labute approximate surface area is 169 Å². The van der Waals surface area contributed by atoms with Gasteiger partial charge in [-0.3, -0.25) is 9.89 Å². The summed E-state index contributed by atoms with van der Waals surface area (Å²) in [6.07, 6.45) is 1.15. The molecule has 144 valence electrons. The molecule has 1 aromatic carbocycles. The van der Waals surface area contributed by atoms with Crippen LogP contribution >= 0.6 is 27.5 Å². The molecule has 0 bridgehead atoms. The summed E-state index contributed by atoms with van der Waals surface area (Å²) in [4.78, 5) is 26.6. The van der Waals surface area contributed by atoms with Crippen molar-refractivity contribution >= 4 is 45.3 Å². The molecule has 1 aliphatic heterocycles. The van der Waals surface area contributed by atoms with Gasteiger partial charge in [-0.25, -0.2) is 4.79 Å². The summed E-state index contributed by atoms with van der Waals surface area (Å²) in [6, 6.07) is 6.75. The number of halogens is 2. The van der Waals surface area contributed by atoms with E-state index in [2.05, 4.69) is 41.7 Å². The Hall–Kier alpha value is -2.10. The van der Waals surface area contributed by atoms with Gasteiger partial charge in [0.15, 0.2) is 0 Å². The maximum absolute atomic E-state index is 12.3. The van der Waals surface area contributed by atoms with Gasteiger partial charge in [-0.1, -0.05) is 23.7 Å². The predicted octanol–water partition coefficient (Wildman–Crippen LogP) is 3.26. The summed E-state index contributed by atoms with van der Waals surface area (Å²) >= 11 is 9.30. The van der Waals surface area contributed by atoms with Crippen molar-refractivity contribution in [2.75, 3.05) is 25.5 Å². The van der Waals surface area contributed by atoms with Crippen molar-refractivity contribution in [3.63, 3.8) is 0 Å². The number of rotatable bonds is 4. The Morgan fingerprint density at radius 2 is 2.04 bits per heavy atom. The van der Waals surface area contributed by atoms with Gasteiger partial charge >= 0.3 is 6.09 Å². The molecule has 1 aliphatic rings. The van der Waals surface area contributed by atoms with Crippen molar-refractivity contribution in [2.24, 2.45) is 0 Å². The van der Waals surface area contributed by atoms with E-state index in [1.807, 2.05) is 7.05 Å². The maximum atomic E-state index is 12.3. The number of ether oxygens (including phenoxy) is 1. The molecule has 8 nitrogen and oxygen atoms in total. The van der Waals surface area contributed by atoms with Crippen LogP contribution < -0.4 is 15.4 Å². The average Bonchev–Trinajstić information content (AvgIpc) is 2.97. The van der Waals surface area contributed by atoms with Crippen LogP contribution in [0.15, 0.2) is 28.7 Å². The number of aromatic amines is 1. The van der Waals surface area contributed by atoms with Crippen LogP contribution in [0.1, 0.15) is 23.2 Å². The largest absolute Gasteiger partial charge is 0.414 e. The highest BCUT2D eigenvalue weighted by atomic mass is 79.9. The molecule has 0 spiro atoms. The number of nitrogens with one attached hydrogen (secondary N) is 3. The Kier molecular flexibility index (Phi) is 6.35. The molecule has 1 aromatic heterocycles. The molecule has 1 fully saturated rings. The number of piperidine rings is 1. The number of nitrogens with zero attached hydrogens (tertiary/aromatic N) is 2. The first kappa shape index (κ1) is 19.7. The van der Waals surface area contributed by atoms with E-state index in [0.717, 1.165) is 25.9 Å². The van der Waals surface area contributed by atoms with Gasteiger partial charge in [0, 0.05) is 6.04 Å². The van der Waals surface area contributed by atoms with Crippen molar-refractivity contribution in [3.8, 4) is 5.88 Å².